The highest BCUT2D eigenvalue weighted by Gasteiger charge is 2.26. The predicted octanol–water partition coefficient (Wildman–Crippen LogP) is 4.79. The molecule has 0 radical (unpaired) electrons. The summed E-state index contributed by atoms with van der Waals surface area (Å²) in [4.78, 5) is 31.0. The molecule has 1 aliphatic heterocycles. The van der Waals surface area contributed by atoms with Gasteiger partial charge in [0.15, 0.2) is 0 Å². The number of aryl methyl sites for hydroxylation is 2. The Hall–Kier alpha value is -2.31. The van der Waals surface area contributed by atoms with Gasteiger partial charge in [-0.25, -0.2) is 0 Å². The van der Waals surface area contributed by atoms with Gasteiger partial charge in [0.05, 0.1) is 6.10 Å². The Bertz CT molecular complexity index is 1090. The second-order valence-electron chi connectivity index (χ2n) is 9.97. The van der Waals surface area contributed by atoms with Gasteiger partial charge in [-0.05, 0) is 96.1 Å². The molecule has 6 nitrogen and oxygen atoms in total. The summed E-state index contributed by atoms with van der Waals surface area (Å²) in [6.07, 6.45) is 8.90. The van der Waals surface area contributed by atoms with E-state index in [-0.39, 0.29) is 24.1 Å². The van der Waals surface area contributed by atoms with Gasteiger partial charge in [-0.3, -0.25) is 9.59 Å². The molecule has 0 bridgehead atoms. The largest absolute Gasteiger partial charge is 0.490 e. The second-order valence-corrected chi connectivity index (χ2v) is 10.4. The molecule has 1 aromatic heterocycles. The third-order valence-corrected chi connectivity index (χ3v) is 7.47. The van der Waals surface area contributed by atoms with Crippen molar-refractivity contribution < 1.29 is 9.53 Å². The monoisotopic (exact) mass is 485 g/mol. The van der Waals surface area contributed by atoms with Crippen molar-refractivity contribution in [2.75, 3.05) is 14.1 Å². The summed E-state index contributed by atoms with van der Waals surface area (Å²) in [6.45, 7) is 2.09. The third-order valence-electron chi connectivity index (χ3n) is 7.25. The maximum atomic E-state index is 13.3. The molecule has 0 atom stereocenters. The van der Waals surface area contributed by atoms with Crippen LogP contribution in [0.15, 0.2) is 23.0 Å². The van der Waals surface area contributed by atoms with Gasteiger partial charge in [0, 0.05) is 40.0 Å². The Kier molecular flexibility index (Phi) is 7.99. The van der Waals surface area contributed by atoms with Crippen molar-refractivity contribution >= 4 is 17.5 Å². The van der Waals surface area contributed by atoms with Crippen molar-refractivity contribution in [3.63, 3.8) is 0 Å². The Labute approximate surface area is 207 Å². The Morgan fingerprint density at radius 3 is 2.44 bits per heavy atom. The average Bonchev–Trinajstić information content (AvgIpc) is 2.78. The van der Waals surface area contributed by atoms with Gasteiger partial charge >= 0.3 is 0 Å². The maximum absolute atomic E-state index is 13.3. The van der Waals surface area contributed by atoms with E-state index in [2.05, 4.69) is 29.3 Å². The molecule has 0 saturated heterocycles. The van der Waals surface area contributed by atoms with E-state index in [4.69, 9.17) is 16.3 Å². The molecule has 1 saturated carbocycles. The molecule has 1 aliphatic carbocycles. The van der Waals surface area contributed by atoms with Crippen LogP contribution in [0.4, 0.5) is 0 Å². The first-order chi connectivity index (χ1) is 16.3. The number of nitrogens with one attached hydrogen (secondary N) is 2. The standard InChI is InChI=1S/C27H36ClN3O3/c1-17-13-18-7-5-4-6-8-22-23(26(32)29-16-24(18)27(33)30-17)14-19(28)15-25(22)34-21-11-9-20(10-12-21)31(2)3/h13-15,20-21H,4-12,16H2,1-3H3,(H,29,32)(H,30,33)/t20-,21-. The van der Waals surface area contributed by atoms with E-state index < -0.39 is 0 Å². The number of aromatic amines is 1. The molecule has 34 heavy (non-hydrogen) atoms. The summed E-state index contributed by atoms with van der Waals surface area (Å²) >= 11 is 6.46. The average molecular weight is 486 g/mol. The minimum Gasteiger partial charge on any atom is -0.490 e. The van der Waals surface area contributed by atoms with Crippen LogP contribution in [0.25, 0.3) is 0 Å². The lowest BCUT2D eigenvalue weighted by atomic mass is 9.92. The number of carbonyl (C=O) groups excluding carboxylic acids is 1. The lowest BCUT2D eigenvalue weighted by molar-refractivity contribution is 0.0945. The number of hydrogen-bond acceptors (Lipinski definition) is 4. The molecule has 184 valence electrons. The number of ether oxygens (including phenoxy) is 1. The zero-order valence-corrected chi connectivity index (χ0v) is 21.3. The Morgan fingerprint density at radius 2 is 1.71 bits per heavy atom. The number of fused-ring (bicyclic) bond motifs is 2. The number of pyridine rings is 1. The van der Waals surface area contributed by atoms with E-state index in [0.29, 0.717) is 22.2 Å². The lowest BCUT2D eigenvalue weighted by Gasteiger charge is -2.33. The number of nitrogens with zero attached hydrogens (tertiary/aromatic N) is 1. The summed E-state index contributed by atoms with van der Waals surface area (Å²) in [6, 6.07) is 6.21. The molecule has 7 heteroatoms. The molecule has 1 amide bonds. The van der Waals surface area contributed by atoms with Gasteiger partial charge in [-0.2, -0.15) is 0 Å². The first-order valence-corrected chi connectivity index (χ1v) is 12.8. The molecule has 0 spiro atoms. The quantitative estimate of drug-likeness (QED) is 0.655. The van der Waals surface area contributed by atoms with Crippen molar-refractivity contribution in [3.8, 4) is 5.75 Å². The van der Waals surface area contributed by atoms with Crippen LogP contribution in [0.5, 0.6) is 5.75 Å². The lowest BCUT2D eigenvalue weighted by Crippen LogP contribution is -2.35. The Balaban J connectivity index is 1.59. The van der Waals surface area contributed by atoms with E-state index in [1.54, 1.807) is 6.07 Å². The second kappa shape index (κ2) is 11.0. The highest BCUT2D eigenvalue weighted by Crippen LogP contribution is 2.33. The molecular weight excluding hydrogens is 450 g/mol. The van der Waals surface area contributed by atoms with E-state index in [0.717, 1.165) is 80.4 Å². The highest BCUT2D eigenvalue weighted by molar-refractivity contribution is 6.31. The van der Waals surface area contributed by atoms with Gasteiger partial charge < -0.3 is 19.9 Å². The fourth-order valence-electron chi connectivity index (χ4n) is 5.30. The van der Waals surface area contributed by atoms with E-state index >= 15 is 0 Å². The van der Waals surface area contributed by atoms with Crippen molar-refractivity contribution in [1.29, 1.82) is 0 Å². The summed E-state index contributed by atoms with van der Waals surface area (Å²) in [5.74, 6) is 0.516. The Morgan fingerprint density at radius 1 is 0.971 bits per heavy atom. The van der Waals surface area contributed by atoms with Crippen molar-refractivity contribution in [2.24, 2.45) is 0 Å². The first-order valence-electron chi connectivity index (χ1n) is 12.5. The van der Waals surface area contributed by atoms with Crippen molar-refractivity contribution in [2.45, 2.75) is 83.4 Å². The number of rotatable bonds is 3. The minimum absolute atomic E-state index is 0.129. The fraction of sp³-hybridized carbons (Fsp3) is 0.556. The molecule has 2 aromatic rings. The third kappa shape index (κ3) is 5.84. The molecule has 2 heterocycles. The summed E-state index contributed by atoms with van der Waals surface area (Å²) in [7, 11) is 4.27. The maximum Gasteiger partial charge on any atom is 0.253 e. The van der Waals surface area contributed by atoms with Crippen molar-refractivity contribution in [1.82, 2.24) is 15.2 Å². The fourth-order valence-corrected chi connectivity index (χ4v) is 5.50. The van der Waals surface area contributed by atoms with Gasteiger partial charge in [0.1, 0.15) is 5.75 Å². The van der Waals surface area contributed by atoms with Crippen LogP contribution in [0, 0.1) is 6.92 Å². The van der Waals surface area contributed by atoms with Gasteiger partial charge in [-0.1, -0.05) is 18.0 Å². The normalized spacial score (nSPS) is 21.6. The van der Waals surface area contributed by atoms with Crippen molar-refractivity contribution in [3.05, 3.63) is 61.5 Å². The van der Waals surface area contributed by atoms with E-state index in [9.17, 15) is 9.59 Å². The topological polar surface area (TPSA) is 74.4 Å². The highest BCUT2D eigenvalue weighted by atomic mass is 35.5. The van der Waals surface area contributed by atoms with Gasteiger partial charge in [-0.15, -0.1) is 0 Å². The number of amides is 1. The van der Waals surface area contributed by atoms with Crippen LogP contribution < -0.4 is 15.6 Å². The minimum atomic E-state index is -0.217. The van der Waals surface area contributed by atoms with Crippen LogP contribution >= 0.6 is 11.6 Å². The van der Waals surface area contributed by atoms with Crippen LogP contribution in [0.2, 0.25) is 5.02 Å². The number of benzene rings is 1. The van der Waals surface area contributed by atoms with Crippen LogP contribution in [0.3, 0.4) is 0 Å². The van der Waals surface area contributed by atoms with E-state index in [1.807, 2.05) is 19.1 Å². The zero-order chi connectivity index (χ0) is 24.2. The van der Waals surface area contributed by atoms with Crippen LogP contribution in [-0.4, -0.2) is 42.0 Å². The number of hydrogen-bond donors (Lipinski definition) is 2. The molecule has 1 fully saturated rings. The SMILES string of the molecule is Cc1cc2c(c(=O)[nH]1)CNC(=O)c1cc(Cl)cc(O[C@H]3CC[C@H](N(C)C)CC3)c1CCCCC2. The molecule has 4 rings (SSSR count). The molecule has 2 N–H and O–H groups in total. The number of aromatic nitrogens is 1. The first kappa shape index (κ1) is 24.8. The smallest absolute Gasteiger partial charge is 0.253 e. The number of H-pyrrole nitrogens is 1. The molecule has 0 unspecified atom stereocenters. The summed E-state index contributed by atoms with van der Waals surface area (Å²) in [5.41, 5.74) is 3.85. The number of halogens is 1. The molecule has 2 aliphatic rings. The zero-order valence-electron chi connectivity index (χ0n) is 20.5. The predicted molar refractivity (Wildman–Crippen MR) is 136 cm³/mol. The van der Waals surface area contributed by atoms with Crippen LogP contribution in [0.1, 0.15) is 77.7 Å². The van der Waals surface area contributed by atoms with E-state index in [1.165, 1.54) is 0 Å². The molecule has 1 aromatic carbocycles. The van der Waals surface area contributed by atoms with Gasteiger partial charge in [0.2, 0.25) is 0 Å². The van der Waals surface area contributed by atoms with Gasteiger partial charge in [0.25, 0.3) is 11.5 Å². The summed E-state index contributed by atoms with van der Waals surface area (Å²) < 4.78 is 6.49. The van der Waals surface area contributed by atoms with Crippen LogP contribution in [-0.2, 0) is 19.4 Å². The summed E-state index contributed by atoms with van der Waals surface area (Å²) in [5, 5.41) is 3.46. The number of carbonyl (C=O) groups is 1. The molecular formula is C27H36ClN3O3.